The van der Waals surface area contributed by atoms with E-state index in [4.69, 9.17) is 4.42 Å². The van der Waals surface area contributed by atoms with E-state index in [9.17, 15) is 9.59 Å². The zero-order valence-electron chi connectivity index (χ0n) is 15.2. The molecule has 27 heavy (non-hydrogen) atoms. The van der Waals surface area contributed by atoms with E-state index in [0.717, 1.165) is 20.3 Å². The Morgan fingerprint density at radius 1 is 1.19 bits per heavy atom. The minimum atomic E-state index is -0.256. The predicted molar refractivity (Wildman–Crippen MR) is 112 cm³/mol. The molecule has 0 saturated heterocycles. The van der Waals surface area contributed by atoms with Gasteiger partial charge in [0.1, 0.15) is 11.5 Å². The Bertz CT molecular complexity index is 1020. The molecule has 2 amide bonds. The molecule has 3 aromatic heterocycles. The van der Waals surface area contributed by atoms with Gasteiger partial charge in [0.15, 0.2) is 5.13 Å². The van der Waals surface area contributed by atoms with Crippen LogP contribution in [0.2, 0.25) is 0 Å². The van der Waals surface area contributed by atoms with Gasteiger partial charge in [-0.1, -0.05) is 0 Å². The molecule has 0 bridgehead atoms. The summed E-state index contributed by atoms with van der Waals surface area (Å²) in [5.74, 6) is 0.912. The minimum absolute atomic E-state index is 0.0595. The lowest BCUT2D eigenvalue weighted by molar-refractivity contribution is -0.119. The van der Waals surface area contributed by atoms with Crippen LogP contribution >= 0.6 is 38.6 Å². The lowest BCUT2D eigenvalue weighted by atomic mass is 10.2. The molecule has 3 heterocycles. The van der Waals surface area contributed by atoms with Gasteiger partial charge in [-0.3, -0.25) is 14.9 Å². The Morgan fingerprint density at radius 2 is 1.93 bits per heavy atom. The lowest BCUT2D eigenvalue weighted by Gasteiger charge is -2.00. The molecule has 0 aliphatic carbocycles. The summed E-state index contributed by atoms with van der Waals surface area (Å²) in [6.07, 6.45) is 0. The Morgan fingerprint density at radius 3 is 2.56 bits per heavy atom. The van der Waals surface area contributed by atoms with E-state index in [-0.39, 0.29) is 11.8 Å². The van der Waals surface area contributed by atoms with Gasteiger partial charge < -0.3 is 9.73 Å². The fourth-order valence-electron chi connectivity index (χ4n) is 2.57. The average Bonchev–Trinajstić information content (AvgIpc) is 3.24. The Hall–Kier alpha value is -1.97. The zero-order chi connectivity index (χ0) is 19.7. The van der Waals surface area contributed by atoms with E-state index in [1.807, 2.05) is 19.1 Å². The third-order valence-electron chi connectivity index (χ3n) is 3.84. The molecular weight excluding hydrogens is 450 g/mol. The predicted octanol–water partition coefficient (Wildman–Crippen LogP) is 5.04. The van der Waals surface area contributed by atoms with Gasteiger partial charge in [0, 0.05) is 16.7 Å². The van der Waals surface area contributed by atoms with Crippen molar-refractivity contribution in [1.82, 2.24) is 10.3 Å². The molecule has 0 spiro atoms. The van der Waals surface area contributed by atoms with Gasteiger partial charge in [0.25, 0.3) is 5.91 Å². The van der Waals surface area contributed by atoms with Gasteiger partial charge in [-0.25, -0.2) is 4.98 Å². The van der Waals surface area contributed by atoms with Gasteiger partial charge in [0.05, 0.1) is 27.2 Å². The number of carbonyl (C=O) groups is 2. The number of aryl methyl sites for hydroxylation is 3. The normalized spacial score (nSPS) is 10.9. The quantitative estimate of drug-likeness (QED) is 0.550. The second kappa shape index (κ2) is 7.95. The molecule has 0 unspecified atom stereocenters. The summed E-state index contributed by atoms with van der Waals surface area (Å²) in [7, 11) is 0. The van der Waals surface area contributed by atoms with E-state index in [1.165, 1.54) is 18.3 Å². The first-order valence-electron chi connectivity index (χ1n) is 8.14. The first-order valence-corrected chi connectivity index (χ1v) is 10.6. The average molecular weight is 468 g/mol. The van der Waals surface area contributed by atoms with Crippen molar-refractivity contribution in [2.45, 2.75) is 34.2 Å². The molecule has 9 heteroatoms. The Labute approximate surface area is 173 Å². The second-order valence-corrected chi connectivity index (χ2v) is 9.12. The third kappa shape index (κ3) is 4.31. The van der Waals surface area contributed by atoms with E-state index < -0.39 is 0 Å². The number of anilines is 1. The molecule has 2 N–H and O–H groups in total. The van der Waals surface area contributed by atoms with Crippen molar-refractivity contribution in [3.8, 4) is 10.6 Å². The number of thiophene rings is 1. The number of thiazole rings is 1. The van der Waals surface area contributed by atoms with Crippen molar-refractivity contribution in [2.75, 3.05) is 5.32 Å². The Balaban J connectivity index is 1.78. The fourth-order valence-corrected chi connectivity index (χ4v) is 4.99. The van der Waals surface area contributed by atoms with Gasteiger partial charge in [-0.2, -0.15) is 0 Å². The van der Waals surface area contributed by atoms with Crippen LogP contribution in [0.5, 0.6) is 0 Å². The van der Waals surface area contributed by atoms with Crippen LogP contribution in [0.3, 0.4) is 0 Å². The maximum Gasteiger partial charge on any atom is 0.262 e. The highest BCUT2D eigenvalue weighted by Crippen LogP contribution is 2.35. The summed E-state index contributed by atoms with van der Waals surface area (Å²) in [6.45, 7) is 7.52. The largest absolute Gasteiger partial charge is 0.465 e. The van der Waals surface area contributed by atoms with Crippen LogP contribution < -0.4 is 10.6 Å². The van der Waals surface area contributed by atoms with Crippen LogP contribution in [0.15, 0.2) is 21.0 Å². The van der Waals surface area contributed by atoms with Gasteiger partial charge in [0.2, 0.25) is 5.91 Å². The van der Waals surface area contributed by atoms with E-state index in [2.05, 4.69) is 31.5 Å². The summed E-state index contributed by atoms with van der Waals surface area (Å²) in [5.41, 5.74) is 1.32. The number of furan rings is 1. The first-order chi connectivity index (χ1) is 12.8. The van der Waals surface area contributed by atoms with Gasteiger partial charge in [-0.15, -0.1) is 22.7 Å². The molecule has 6 nitrogen and oxygen atoms in total. The molecule has 0 fully saturated rings. The Kier molecular flexibility index (Phi) is 5.83. The van der Waals surface area contributed by atoms with E-state index in [0.29, 0.717) is 33.2 Å². The van der Waals surface area contributed by atoms with E-state index >= 15 is 0 Å². The third-order valence-corrected chi connectivity index (χ3v) is 6.77. The van der Waals surface area contributed by atoms with Crippen molar-refractivity contribution in [1.29, 1.82) is 0 Å². The van der Waals surface area contributed by atoms with Crippen molar-refractivity contribution in [2.24, 2.45) is 0 Å². The number of hydrogen-bond acceptors (Lipinski definition) is 6. The molecule has 0 atom stereocenters. The number of nitrogens with one attached hydrogen (secondary N) is 2. The highest BCUT2D eigenvalue weighted by molar-refractivity contribution is 9.10. The number of nitrogens with zero attached hydrogens (tertiary/aromatic N) is 1. The van der Waals surface area contributed by atoms with Crippen LogP contribution in [-0.4, -0.2) is 16.8 Å². The highest BCUT2D eigenvalue weighted by Gasteiger charge is 2.21. The SMILES string of the molecule is CC(=O)NCc1ccc(-c2nc(NC(=O)c3c(C)oc(C)c3Br)sc2C)s1. The van der Waals surface area contributed by atoms with Crippen LogP contribution in [0.4, 0.5) is 5.13 Å². The maximum atomic E-state index is 12.6. The zero-order valence-corrected chi connectivity index (χ0v) is 18.4. The summed E-state index contributed by atoms with van der Waals surface area (Å²) in [5, 5.41) is 6.18. The number of carbonyl (C=O) groups excluding carboxylic acids is 2. The molecule has 0 saturated carbocycles. The van der Waals surface area contributed by atoms with Crippen LogP contribution in [0.1, 0.15) is 38.6 Å². The number of aromatic nitrogens is 1. The molecule has 0 aliphatic heterocycles. The summed E-state index contributed by atoms with van der Waals surface area (Å²) in [6, 6.07) is 3.96. The van der Waals surface area contributed by atoms with Crippen molar-refractivity contribution >= 4 is 55.5 Å². The molecular formula is C18H18BrN3O3S2. The smallest absolute Gasteiger partial charge is 0.262 e. The summed E-state index contributed by atoms with van der Waals surface area (Å²) < 4.78 is 6.15. The van der Waals surface area contributed by atoms with Crippen LogP contribution in [0.25, 0.3) is 10.6 Å². The number of amides is 2. The molecule has 3 aromatic rings. The monoisotopic (exact) mass is 467 g/mol. The van der Waals surface area contributed by atoms with Gasteiger partial charge >= 0.3 is 0 Å². The summed E-state index contributed by atoms with van der Waals surface area (Å²) >= 11 is 6.40. The standard InChI is InChI=1S/C18H18BrN3O3S2/c1-8-14(15(19)9(2)25-8)17(24)22-18-21-16(10(3)26-18)13-6-5-12(27-13)7-20-11(4)23/h5-6H,7H2,1-4H3,(H,20,23)(H,21,22,24). The number of rotatable bonds is 5. The first kappa shape index (κ1) is 19.8. The fraction of sp³-hybridized carbons (Fsp3) is 0.278. The molecule has 0 aromatic carbocycles. The lowest BCUT2D eigenvalue weighted by Crippen LogP contribution is -2.17. The highest BCUT2D eigenvalue weighted by atomic mass is 79.9. The van der Waals surface area contributed by atoms with Crippen LogP contribution in [-0.2, 0) is 11.3 Å². The van der Waals surface area contributed by atoms with Crippen LogP contribution in [0, 0.1) is 20.8 Å². The molecule has 0 aliphatic rings. The van der Waals surface area contributed by atoms with Crippen molar-refractivity contribution < 1.29 is 14.0 Å². The number of halogens is 1. The van der Waals surface area contributed by atoms with E-state index in [1.54, 1.807) is 25.2 Å². The molecule has 142 valence electrons. The topological polar surface area (TPSA) is 84.2 Å². The molecule has 3 rings (SSSR count). The molecule has 0 radical (unpaired) electrons. The number of hydrogen-bond donors (Lipinski definition) is 2. The van der Waals surface area contributed by atoms with Crippen molar-refractivity contribution in [3.05, 3.63) is 43.4 Å². The maximum absolute atomic E-state index is 12.6. The van der Waals surface area contributed by atoms with Crippen molar-refractivity contribution in [3.63, 3.8) is 0 Å². The van der Waals surface area contributed by atoms with Gasteiger partial charge in [-0.05, 0) is 48.8 Å². The minimum Gasteiger partial charge on any atom is -0.465 e. The summed E-state index contributed by atoms with van der Waals surface area (Å²) in [4.78, 5) is 31.3. The second-order valence-electron chi connectivity index (χ2n) is 5.96.